The SMILES string of the molecule is O=C(NC(=O)C(Br)CBr)Nc1ccc(S(=O)(=O)c2ccc(Cl)cc2)cc1. The molecule has 0 heterocycles. The van der Waals surface area contributed by atoms with Gasteiger partial charge < -0.3 is 5.32 Å². The van der Waals surface area contributed by atoms with E-state index in [1.807, 2.05) is 0 Å². The van der Waals surface area contributed by atoms with Crippen molar-refractivity contribution in [1.29, 1.82) is 0 Å². The molecule has 0 aliphatic rings. The van der Waals surface area contributed by atoms with Crippen molar-refractivity contribution in [3.63, 3.8) is 0 Å². The number of amides is 3. The highest BCUT2D eigenvalue weighted by Gasteiger charge is 2.18. The molecule has 0 spiro atoms. The Labute approximate surface area is 172 Å². The lowest BCUT2D eigenvalue weighted by Crippen LogP contribution is -2.39. The maximum atomic E-state index is 12.5. The van der Waals surface area contributed by atoms with E-state index in [0.717, 1.165) is 0 Å². The third-order valence-electron chi connectivity index (χ3n) is 3.20. The van der Waals surface area contributed by atoms with Crippen LogP contribution in [-0.4, -0.2) is 30.5 Å². The minimum Gasteiger partial charge on any atom is -0.308 e. The van der Waals surface area contributed by atoms with E-state index in [9.17, 15) is 18.0 Å². The quantitative estimate of drug-likeness (QED) is 0.579. The Bertz CT molecular complexity index is 903. The van der Waals surface area contributed by atoms with E-state index in [4.69, 9.17) is 11.6 Å². The minimum absolute atomic E-state index is 0.0710. The summed E-state index contributed by atoms with van der Waals surface area (Å²) in [5.74, 6) is -0.499. The number of urea groups is 1. The molecule has 0 aromatic heterocycles. The number of alkyl halides is 2. The van der Waals surface area contributed by atoms with Crippen LogP contribution >= 0.6 is 43.5 Å². The zero-order valence-corrected chi connectivity index (χ0v) is 17.8. The highest BCUT2D eigenvalue weighted by Crippen LogP contribution is 2.23. The molecule has 2 N–H and O–H groups in total. The van der Waals surface area contributed by atoms with Crippen molar-refractivity contribution >= 4 is 70.9 Å². The molecule has 26 heavy (non-hydrogen) atoms. The van der Waals surface area contributed by atoms with E-state index in [1.54, 1.807) is 0 Å². The van der Waals surface area contributed by atoms with Crippen LogP contribution in [0.15, 0.2) is 58.3 Å². The Morgan fingerprint density at radius 2 is 1.50 bits per heavy atom. The van der Waals surface area contributed by atoms with Crippen molar-refractivity contribution in [1.82, 2.24) is 5.32 Å². The number of rotatable bonds is 5. The summed E-state index contributed by atoms with van der Waals surface area (Å²) in [5, 5.41) is 5.41. The molecule has 0 bridgehead atoms. The highest BCUT2D eigenvalue weighted by molar-refractivity contribution is 9.12. The summed E-state index contributed by atoms with van der Waals surface area (Å²) in [5.41, 5.74) is 0.343. The largest absolute Gasteiger partial charge is 0.325 e. The Hall–Kier alpha value is -1.42. The van der Waals surface area contributed by atoms with Crippen molar-refractivity contribution in [2.45, 2.75) is 14.6 Å². The Balaban J connectivity index is 2.09. The number of nitrogens with one attached hydrogen (secondary N) is 2. The van der Waals surface area contributed by atoms with Gasteiger partial charge in [0.05, 0.1) is 9.79 Å². The molecule has 0 fully saturated rings. The maximum Gasteiger partial charge on any atom is 0.325 e. The van der Waals surface area contributed by atoms with Crippen LogP contribution in [-0.2, 0) is 14.6 Å². The molecule has 0 saturated carbocycles. The monoisotopic (exact) mass is 522 g/mol. The lowest BCUT2D eigenvalue weighted by molar-refractivity contribution is -0.118. The van der Waals surface area contributed by atoms with Crippen molar-refractivity contribution in [2.75, 3.05) is 10.6 Å². The van der Waals surface area contributed by atoms with Gasteiger partial charge in [-0.1, -0.05) is 43.5 Å². The molecule has 138 valence electrons. The van der Waals surface area contributed by atoms with E-state index >= 15 is 0 Å². The molecule has 3 amide bonds. The normalized spacial score (nSPS) is 12.3. The Morgan fingerprint density at radius 3 is 2.00 bits per heavy atom. The van der Waals surface area contributed by atoms with Crippen molar-refractivity contribution in [3.8, 4) is 0 Å². The molecule has 1 unspecified atom stereocenters. The average Bonchev–Trinajstić information content (AvgIpc) is 2.61. The summed E-state index contributed by atoms with van der Waals surface area (Å²) in [4.78, 5) is 23.0. The zero-order valence-electron chi connectivity index (χ0n) is 13.1. The third-order valence-corrected chi connectivity index (χ3v) is 7.50. The van der Waals surface area contributed by atoms with Crippen molar-refractivity contribution < 1.29 is 18.0 Å². The van der Waals surface area contributed by atoms with Gasteiger partial charge >= 0.3 is 6.03 Å². The third kappa shape index (κ3) is 5.29. The lowest BCUT2D eigenvalue weighted by atomic mass is 10.3. The van der Waals surface area contributed by atoms with Crippen LogP contribution in [0.25, 0.3) is 0 Å². The van der Waals surface area contributed by atoms with Crippen molar-refractivity contribution in [3.05, 3.63) is 53.6 Å². The van der Waals surface area contributed by atoms with E-state index in [-0.39, 0.29) is 9.79 Å². The number of carbonyl (C=O) groups is 2. The summed E-state index contributed by atoms with van der Waals surface area (Å²) in [6.07, 6.45) is 0. The number of carbonyl (C=O) groups excluding carboxylic acids is 2. The highest BCUT2D eigenvalue weighted by atomic mass is 79.9. The lowest BCUT2D eigenvalue weighted by Gasteiger charge is -2.10. The molecule has 0 saturated heterocycles. The van der Waals surface area contributed by atoms with E-state index in [2.05, 4.69) is 42.5 Å². The number of hydrogen-bond acceptors (Lipinski definition) is 4. The summed E-state index contributed by atoms with van der Waals surface area (Å²) in [6, 6.07) is 10.7. The summed E-state index contributed by atoms with van der Waals surface area (Å²) >= 11 is 12.0. The number of imide groups is 1. The molecule has 10 heteroatoms. The number of hydrogen-bond donors (Lipinski definition) is 2. The predicted octanol–water partition coefficient (Wildman–Crippen LogP) is 3.98. The maximum absolute atomic E-state index is 12.5. The van der Waals surface area contributed by atoms with Crippen LogP contribution in [0.5, 0.6) is 0 Å². The number of halogens is 3. The molecular formula is C16H13Br2ClN2O4S. The van der Waals surface area contributed by atoms with Crippen molar-refractivity contribution in [2.24, 2.45) is 0 Å². The smallest absolute Gasteiger partial charge is 0.308 e. The second-order valence-corrected chi connectivity index (χ2v) is 9.19. The van der Waals surface area contributed by atoms with Gasteiger partial charge in [0, 0.05) is 16.0 Å². The van der Waals surface area contributed by atoms with Crippen LogP contribution < -0.4 is 10.6 Å². The van der Waals surface area contributed by atoms with Gasteiger partial charge in [-0.3, -0.25) is 10.1 Å². The molecule has 0 aliphatic heterocycles. The zero-order chi connectivity index (χ0) is 19.3. The fourth-order valence-corrected chi connectivity index (χ4v) is 3.69. The van der Waals surface area contributed by atoms with Gasteiger partial charge in [-0.15, -0.1) is 0 Å². The van der Waals surface area contributed by atoms with Gasteiger partial charge in [0.2, 0.25) is 15.7 Å². The van der Waals surface area contributed by atoms with Crippen LogP contribution in [0, 0.1) is 0 Å². The van der Waals surface area contributed by atoms with Gasteiger partial charge in [-0.25, -0.2) is 13.2 Å². The molecule has 0 radical (unpaired) electrons. The van der Waals surface area contributed by atoms with E-state index in [0.29, 0.717) is 16.0 Å². The van der Waals surface area contributed by atoms with Gasteiger partial charge in [-0.05, 0) is 48.5 Å². The first-order valence-corrected chi connectivity index (χ1v) is 11.1. The number of sulfone groups is 1. The first-order chi connectivity index (χ1) is 12.2. The average molecular weight is 525 g/mol. The van der Waals surface area contributed by atoms with Gasteiger partial charge in [-0.2, -0.15) is 0 Å². The van der Waals surface area contributed by atoms with Gasteiger partial charge in [0.15, 0.2) is 0 Å². The molecule has 2 aromatic carbocycles. The fourth-order valence-electron chi connectivity index (χ4n) is 1.89. The van der Waals surface area contributed by atoms with Crippen LogP contribution in [0.1, 0.15) is 0 Å². The Kier molecular flexibility index (Phi) is 7.22. The standard InChI is InChI=1S/C16H13Br2ClN2O4S/c17-9-14(18)15(22)21-16(23)20-11-3-7-13(8-4-11)26(24,25)12-5-1-10(19)2-6-12/h1-8,14H,9H2,(H2,20,21,22,23). The molecule has 1 atom stereocenters. The van der Waals surface area contributed by atoms with E-state index < -0.39 is 26.6 Å². The number of anilines is 1. The predicted molar refractivity (Wildman–Crippen MR) is 107 cm³/mol. The van der Waals surface area contributed by atoms with Crippen LogP contribution in [0.3, 0.4) is 0 Å². The minimum atomic E-state index is -3.69. The first kappa shape index (κ1) is 20.9. The second-order valence-electron chi connectivity index (χ2n) is 5.05. The summed E-state index contributed by atoms with van der Waals surface area (Å²) in [6.45, 7) is 0. The molecule has 2 rings (SSSR count). The van der Waals surface area contributed by atoms with Crippen LogP contribution in [0.2, 0.25) is 5.02 Å². The van der Waals surface area contributed by atoms with Crippen LogP contribution in [0.4, 0.5) is 10.5 Å². The van der Waals surface area contributed by atoms with E-state index in [1.165, 1.54) is 48.5 Å². The van der Waals surface area contributed by atoms with Gasteiger partial charge in [0.1, 0.15) is 4.83 Å². The molecule has 2 aromatic rings. The second kappa shape index (κ2) is 8.98. The number of benzene rings is 2. The molecular weight excluding hydrogens is 512 g/mol. The first-order valence-electron chi connectivity index (χ1n) is 7.16. The van der Waals surface area contributed by atoms with Gasteiger partial charge in [0.25, 0.3) is 0 Å². The topological polar surface area (TPSA) is 92.3 Å². The summed E-state index contributed by atoms with van der Waals surface area (Å²) < 4.78 is 25.1. The molecule has 6 nitrogen and oxygen atoms in total. The molecule has 0 aliphatic carbocycles. The Morgan fingerprint density at radius 1 is 1.00 bits per heavy atom. The fraction of sp³-hybridized carbons (Fsp3) is 0.125. The summed E-state index contributed by atoms with van der Waals surface area (Å²) in [7, 11) is -3.69.